The number of carbonyl (C=O) groups is 1. The van der Waals surface area contributed by atoms with Crippen LogP contribution in [0.25, 0.3) is 0 Å². The van der Waals surface area contributed by atoms with Gasteiger partial charge in [0.1, 0.15) is 5.75 Å². The van der Waals surface area contributed by atoms with Gasteiger partial charge >= 0.3 is 6.03 Å². The number of amides is 2. The van der Waals surface area contributed by atoms with E-state index in [0.29, 0.717) is 17.0 Å². The number of nitrogens with one attached hydrogen (secondary N) is 1. The molecule has 0 radical (unpaired) electrons. The fraction of sp³-hybridized carbons (Fsp3) is 0.611. The second kappa shape index (κ2) is 7.04. The summed E-state index contributed by atoms with van der Waals surface area (Å²) in [5.41, 5.74) is 2.05. The molecule has 2 N–H and O–H groups in total. The molecule has 1 aromatic rings. The summed E-state index contributed by atoms with van der Waals surface area (Å²) in [5.74, 6) is 1.50. The molecule has 3 rings (SSSR count). The fourth-order valence-corrected chi connectivity index (χ4v) is 4.99. The molecule has 0 unspecified atom stereocenters. The molecule has 1 saturated carbocycles. The van der Waals surface area contributed by atoms with Gasteiger partial charge in [0.25, 0.3) is 0 Å². The summed E-state index contributed by atoms with van der Waals surface area (Å²) in [7, 11) is 1.91. The van der Waals surface area contributed by atoms with E-state index >= 15 is 0 Å². The van der Waals surface area contributed by atoms with Crippen LogP contribution in [0.4, 0.5) is 4.79 Å². The molecule has 1 aromatic carbocycles. The Bertz CT molecular complexity index is 578. The Labute approximate surface area is 142 Å². The average molecular weight is 334 g/mol. The van der Waals surface area contributed by atoms with Gasteiger partial charge in [-0.2, -0.15) is 11.8 Å². The van der Waals surface area contributed by atoms with E-state index in [9.17, 15) is 9.90 Å². The van der Waals surface area contributed by atoms with Crippen LogP contribution in [0, 0.1) is 0 Å². The van der Waals surface area contributed by atoms with E-state index in [0.717, 1.165) is 42.6 Å². The first-order valence-corrected chi connectivity index (χ1v) is 9.60. The van der Waals surface area contributed by atoms with Crippen molar-refractivity contribution in [1.82, 2.24) is 10.2 Å². The Balaban J connectivity index is 1.59. The molecule has 126 valence electrons. The third kappa shape index (κ3) is 3.44. The predicted octanol–water partition coefficient (Wildman–Crippen LogP) is 3.70. The highest BCUT2D eigenvalue weighted by atomic mass is 32.2. The van der Waals surface area contributed by atoms with Crippen molar-refractivity contribution in [2.45, 2.75) is 56.4 Å². The van der Waals surface area contributed by atoms with Crippen LogP contribution in [-0.2, 0) is 6.42 Å². The number of benzene rings is 1. The largest absolute Gasteiger partial charge is 0.508 e. The van der Waals surface area contributed by atoms with Crippen LogP contribution in [0.5, 0.6) is 5.75 Å². The quantitative estimate of drug-likeness (QED) is 0.883. The number of fused-ring (bicyclic) bond motifs is 1. The lowest BCUT2D eigenvalue weighted by atomic mass is 10.1. The summed E-state index contributed by atoms with van der Waals surface area (Å²) in [6.07, 6.45) is 5.11. The van der Waals surface area contributed by atoms with Crippen molar-refractivity contribution in [1.29, 1.82) is 0 Å². The number of urea groups is 1. The smallest absolute Gasteiger partial charge is 0.317 e. The van der Waals surface area contributed by atoms with Crippen LogP contribution in [-0.4, -0.2) is 40.1 Å². The third-order valence-electron chi connectivity index (χ3n) is 5.17. The van der Waals surface area contributed by atoms with Crippen molar-refractivity contribution < 1.29 is 9.90 Å². The number of aromatic hydroxyl groups is 1. The molecule has 2 amide bonds. The molecule has 2 aliphatic carbocycles. The molecule has 0 aliphatic heterocycles. The van der Waals surface area contributed by atoms with E-state index < -0.39 is 0 Å². The number of phenols is 1. The molecular weight excluding hydrogens is 308 g/mol. The number of rotatable bonds is 4. The zero-order valence-electron chi connectivity index (χ0n) is 13.9. The van der Waals surface area contributed by atoms with Gasteiger partial charge < -0.3 is 15.3 Å². The number of phenolic OH excluding ortho intramolecular Hbond substituents is 1. The third-order valence-corrected chi connectivity index (χ3v) is 6.40. The molecule has 1 fully saturated rings. The summed E-state index contributed by atoms with van der Waals surface area (Å²) < 4.78 is 0. The number of thioether (sulfide) groups is 1. The van der Waals surface area contributed by atoms with Gasteiger partial charge in [0, 0.05) is 18.3 Å². The monoisotopic (exact) mass is 334 g/mol. The molecule has 3 atom stereocenters. The van der Waals surface area contributed by atoms with Crippen molar-refractivity contribution in [3.05, 3.63) is 29.3 Å². The highest BCUT2D eigenvalue weighted by Gasteiger charge is 2.32. The number of hydrogen-bond donors (Lipinski definition) is 2. The van der Waals surface area contributed by atoms with E-state index in [2.05, 4.69) is 12.2 Å². The van der Waals surface area contributed by atoms with Crippen molar-refractivity contribution in [2.24, 2.45) is 0 Å². The van der Waals surface area contributed by atoms with Gasteiger partial charge in [0.15, 0.2) is 0 Å². The molecule has 0 saturated heterocycles. The van der Waals surface area contributed by atoms with E-state index in [1.807, 2.05) is 35.8 Å². The number of hydrogen-bond acceptors (Lipinski definition) is 3. The maximum atomic E-state index is 12.6. The van der Waals surface area contributed by atoms with E-state index in [4.69, 9.17) is 0 Å². The van der Waals surface area contributed by atoms with Crippen LogP contribution >= 0.6 is 11.8 Å². The van der Waals surface area contributed by atoms with Gasteiger partial charge in [0.2, 0.25) is 0 Å². The van der Waals surface area contributed by atoms with Crippen molar-refractivity contribution >= 4 is 17.8 Å². The van der Waals surface area contributed by atoms with Crippen molar-refractivity contribution in [3.63, 3.8) is 0 Å². The van der Waals surface area contributed by atoms with Crippen LogP contribution in [0.15, 0.2) is 18.2 Å². The highest BCUT2D eigenvalue weighted by molar-refractivity contribution is 7.99. The van der Waals surface area contributed by atoms with Gasteiger partial charge in [-0.3, -0.25) is 0 Å². The first kappa shape index (κ1) is 16.5. The van der Waals surface area contributed by atoms with Gasteiger partial charge in [-0.25, -0.2) is 4.79 Å². The number of nitrogens with zero attached hydrogens (tertiary/aromatic N) is 1. The second-order valence-corrected chi connectivity index (χ2v) is 8.12. The molecule has 0 aromatic heterocycles. The minimum Gasteiger partial charge on any atom is -0.508 e. The minimum atomic E-state index is 0.0124. The standard InChI is InChI=1S/C18H26N2O2S/c1-3-23-13-8-7-12(11-13)20(2)18(22)19-16-10-9-15-14(16)5-4-6-17(15)21/h4-6,12-13,16,21H,3,7-11H2,1-2H3,(H,19,22)/t12-,13+,16+/m0/s1. The fourth-order valence-electron chi connectivity index (χ4n) is 3.86. The zero-order valence-corrected chi connectivity index (χ0v) is 14.7. The Morgan fingerprint density at radius 2 is 2.22 bits per heavy atom. The number of carbonyl (C=O) groups excluding carboxylic acids is 1. The molecule has 0 spiro atoms. The summed E-state index contributed by atoms with van der Waals surface area (Å²) in [6.45, 7) is 2.20. The lowest BCUT2D eigenvalue weighted by molar-refractivity contribution is 0.187. The lowest BCUT2D eigenvalue weighted by Crippen LogP contribution is -2.43. The summed E-state index contributed by atoms with van der Waals surface area (Å²) in [5, 5.41) is 13.8. The van der Waals surface area contributed by atoms with Crippen LogP contribution in [0.2, 0.25) is 0 Å². The predicted molar refractivity (Wildman–Crippen MR) is 95.0 cm³/mol. The highest BCUT2D eigenvalue weighted by Crippen LogP contribution is 2.37. The minimum absolute atomic E-state index is 0.0124. The van der Waals surface area contributed by atoms with Gasteiger partial charge in [-0.1, -0.05) is 19.1 Å². The van der Waals surface area contributed by atoms with E-state index in [1.54, 1.807) is 6.07 Å². The van der Waals surface area contributed by atoms with Crippen molar-refractivity contribution in [3.8, 4) is 5.75 Å². The Kier molecular flexibility index (Phi) is 5.05. The first-order valence-electron chi connectivity index (χ1n) is 8.55. The van der Waals surface area contributed by atoms with Gasteiger partial charge in [0.05, 0.1) is 6.04 Å². The van der Waals surface area contributed by atoms with Crippen LogP contribution < -0.4 is 5.32 Å². The molecule has 23 heavy (non-hydrogen) atoms. The SMILES string of the molecule is CCS[C@@H]1CC[C@H](N(C)C(=O)N[C@@H]2CCc3c(O)cccc32)C1. The maximum Gasteiger partial charge on any atom is 0.317 e. The Hall–Kier alpha value is -1.36. The Morgan fingerprint density at radius 3 is 3.00 bits per heavy atom. The van der Waals surface area contributed by atoms with Gasteiger partial charge in [-0.15, -0.1) is 0 Å². The van der Waals surface area contributed by atoms with Crippen LogP contribution in [0.1, 0.15) is 49.8 Å². The Morgan fingerprint density at radius 1 is 1.39 bits per heavy atom. The topological polar surface area (TPSA) is 52.6 Å². The normalized spacial score (nSPS) is 26.1. The summed E-state index contributed by atoms with van der Waals surface area (Å²) in [4.78, 5) is 14.5. The molecular formula is C18H26N2O2S. The average Bonchev–Trinajstić information content (AvgIpc) is 3.15. The van der Waals surface area contributed by atoms with Crippen molar-refractivity contribution in [2.75, 3.05) is 12.8 Å². The van der Waals surface area contributed by atoms with Gasteiger partial charge in [-0.05, 0) is 55.1 Å². The van der Waals surface area contributed by atoms with Crippen LogP contribution in [0.3, 0.4) is 0 Å². The molecule has 0 bridgehead atoms. The molecule has 4 nitrogen and oxygen atoms in total. The lowest BCUT2D eigenvalue weighted by Gasteiger charge is -2.27. The zero-order chi connectivity index (χ0) is 16.4. The maximum absolute atomic E-state index is 12.6. The molecule has 5 heteroatoms. The van der Waals surface area contributed by atoms with E-state index in [-0.39, 0.29) is 12.1 Å². The summed E-state index contributed by atoms with van der Waals surface area (Å²) in [6, 6.07) is 5.97. The van der Waals surface area contributed by atoms with E-state index in [1.165, 1.54) is 6.42 Å². The second-order valence-electron chi connectivity index (χ2n) is 6.54. The molecule has 0 heterocycles. The summed E-state index contributed by atoms with van der Waals surface area (Å²) >= 11 is 2.01. The molecule has 2 aliphatic rings. The first-order chi connectivity index (χ1) is 11.1.